The van der Waals surface area contributed by atoms with Gasteiger partial charge in [-0.15, -0.1) is 0 Å². The molecular formula is C20H22N4O5S. The van der Waals surface area contributed by atoms with Gasteiger partial charge in [-0.2, -0.15) is 4.31 Å². The number of nitrogens with one attached hydrogen (secondary N) is 2. The van der Waals surface area contributed by atoms with Gasteiger partial charge in [0.25, 0.3) is 11.5 Å². The fraction of sp³-hybridized carbons (Fsp3) is 0.350. The Morgan fingerprint density at radius 1 is 1.23 bits per heavy atom. The van der Waals surface area contributed by atoms with Gasteiger partial charge >= 0.3 is 0 Å². The van der Waals surface area contributed by atoms with Crippen LogP contribution in [0.4, 0.5) is 0 Å². The Hall–Kier alpha value is -2.98. The van der Waals surface area contributed by atoms with Crippen molar-refractivity contribution in [2.24, 2.45) is 0 Å². The predicted molar refractivity (Wildman–Crippen MR) is 110 cm³/mol. The molecule has 1 aliphatic heterocycles. The summed E-state index contributed by atoms with van der Waals surface area (Å²) >= 11 is 0. The molecule has 0 radical (unpaired) electrons. The van der Waals surface area contributed by atoms with Crippen molar-refractivity contribution < 1.29 is 17.6 Å². The molecule has 1 aliphatic rings. The van der Waals surface area contributed by atoms with E-state index in [0.29, 0.717) is 18.7 Å². The van der Waals surface area contributed by atoms with Gasteiger partial charge in [-0.3, -0.25) is 9.59 Å². The molecule has 0 spiro atoms. The fourth-order valence-corrected chi connectivity index (χ4v) is 5.48. The van der Waals surface area contributed by atoms with Crippen molar-refractivity contribution in [1.29, 1.82) is 0 Å². The Labute approximate surface area is 173 Å². The smallest absolute Gasteiger partial charge is 0.262 e. The first kappa shape index (κ1) is 20.3. The van der Waals surface area contributed by atoms with Crippen LogP contribution in [0.1, 0.15) is 40.9 Å². The molecule has 1 aromatic carbocycles. The van der Waals surface area contributed by atoms with Gasteiger partial charge < -0.3 is 14.7 Å². The normalized spacial score (nSPS) is 15.4. The van der Waals surface area contributed by atoms with E-state index in [0.717, 1.165) is 19.3 Å². The molecule has 3 aromatic rings. The number of sulfonamides is 1. The first-order valence-corrected chi connectivity index (χ1v) is 11.2. The van der Waals surface area contributed by atoms with Gasteiger partial charge in [0.2, 0.25) is 15.7 Å². The Morgan fingerprint density at radius 2 is 1.97 bits per heavy atom. The average molecular weight is 430 g/mol. The molecule has 1 fully saturated rings. The summed E-state index contributed by atoms with van der Waals surface area (Å²) in [6.45, 7) is 2.56. The first-order valence-electron chi connectivity index (χ1n) is 9.72. The molecule has 3 heterocycles. The van der Waals surface area contributed by atoms with Crippen LogP contribution in [0.2, 0.25) is 0 Å². The molecule has 2 aromatic heterocycles. The number of furan rings is 1. The zero-order chi connectivity index (χ0) is 21.3. The minimum atomic E-state index is -3.65. The molecule has 0 bridgehead atoms. The minimum absolute atomic E-state index is 0.00758. The van der Waals surface area contributed by atoms with Gasteiger partial charge in [0.05, 0.1) is 16.8 Å². The fourth-order valence-electron chi connectivity index (χ4n) is 3.74. The molecule has 10 heteroatoms. The van der Waals surface area contributed by atoms with E-state index < -0.39 is 21.5 Å². The second kappa shape index (κ2) is 8.04. The Balaban J connectivity index is 1.61. The van der Waals surface area contributed by atoms with Crippen molar-refractivity contribution in [3.05, 3.63) is 57.8 Å². The minimum Gasteiger partial charge on any atom is -0.442 e. The zero-order valence-electron chi connectivity index (χ0n) is 16.5. The highest BCUT2D eigenvalue weighted by Gasteiger charge is 2.28. The summed E-state index contributed by atoms with van der Waals surface area (Å²) in [5, 5.41) is 2.79. The molecule has 1 saturated heterocycles. The number of aryl methyl sites for hydroxylation is 1. The molecule has 2 N–H and O–H groups in total. The lowest BCUT2D eigenvalue weighted by Crippen LogP contribution is -2.36. The number of aromatic amines is 1. The van der Waals surface area contributed by atoms with E-state index in [4.69, 9.17) is 4.42 Å². The molecule has 4 rings (SSSR count). The monoisotopic (exact) mass is 430 g/mol. The number of fused-ring (bicyclic) bond motifs is 1. The van der Waals surface area contributed by atoms with E-state index in [9.17, 15) is 18.0 Å². The van der Waals surface area contributed by atoms with Gasteiger partial charge in [0.15, 0.2) is 0 Å². The number of nitrogens with zero attached hydrogens (tertiary/aromatic N) is 2. The van der Waals surface area contributed by atoms with Crippen molar-refractivity contribution in [1.82, 2.24) is 19.6 Å². The standard InChI is InChI=1S/C20H22N4O5S/c1-13-16(17-19(26)22-12-23-20(17)29-13)18(25)21-11-14-7-3-4-8-15(14)30(27,28)24-9-5-2-6-10-24/h3-4,7-8,12H,2,5-6,9-11H2,1H3,(H,21,25)(H,22,23,26). The number of carbonyl (C=O) groups is 1. The summed E-state index contributed by atoms with van der Waals surface area (Å²) in [5.41, 5.74) is 0.175. The molecule has 9 nitrogen and oxygen atoms in total. The van der Waals surface area contributed by atoms with Crippen LogP contribution in [-0.4, -0.2) is 41.7 Å². The Bertz CT molecular complexity index is 1260. The van der Waals surface area contributed by atoms with Crippen LogP contribution >= 0.6 is 0 Å². The predicted octanol–water partition coefficient (Wildman–Crippen LogP) is 1.93. The van der Waals surface area contributed by atoms with Crippen LogP contribution in [0.15, 0.2) is 44.7 Å². The number of piperidine rings is 1. The third kappa shape index (κ3) is 3.63. The van der Waals surface area contributed by atoms with Crippen LogP contribution in [0.3, 0.4) is 0 Å². The lowest BCUT2D eigenvalue weighted by Gasteiger charge is -2.26. The third-order valence-corrected chi connectivity index (χ3v) is 7.24. The Morgan fingerprint density at radius 3 is 2.73 bits per heavy atom. The summed E-state index contributed by atoms with van der Waals surface area (Å²) in [6.07, 6.45) is 3.91. The maximum atomic E-state index is 13.1. The average Bonchev–Trinajstić information content (AvgIpc) is 3.10. The summed E-state index contributed by atoms with van der Waals surface area (Å²) in [6, 6.07) is 6.62. The molecular weight excluding hydrogens is 408 g/mol. The number of aromatic nitrogens is 2. The van der Waals surface area contributed by atoms with Gasteiger partial charge in [-0.25, -0.2) is 13.4 Å². The molecule has 0 aliphatic carbocycles. The number of carbonyl (C=O) groups excluding carboxylic acids is 1. The van der Waals surface area contributed by atoms with Gasteiger partial charge in [-0.1, -0.05) is 24.6 Å². The van der Waals surface area contributed by atoms with E-state index in [1.54, 1.807) is 31.2 Å². The van der Waals surface area contributed by atoms with Crippen LogP contribution in [0.5, 0.6) is 0 Å². The number of benzene rings is 1. The summed E-state index contributed by atoms with van der Waals surface area (Å²) < 4.78 is 33.1. The van der Waals surface area contributed by atoms with E-state index in [2.05, 4.69) is 15.3 Å². The van der Waals surface area contributed by atoms with E-state index >= 15 is 0 Å². The van der Waals surface area contributed by atoms with Crippen molar-refractivity contribution in [2.45, 2.75) is 37.6 Å². The highest BCUT2D eigenvalue weighted by molar-refractivity contribution is 7.89. The highest BCUT2D eigenvalue weighted by Crippen LogP contribution is 2.24. The van der Waals surface area contributed by atoms with Crippen molar-refractivity contribution >= 4 is 27.0 Å². The topological polar surface area (TPSA) is 125 Å². The maximum Gasteiger partial charge on any atom is 0.262 e. The van der Waals surface area contributed by atoms with E-state index in [1.165, 1.54) is 10.6 Å². The molecule has 0 atom stereocenters. The largest absolute Gasteiger partial charge is 0.442 e. The number of H-pyrrole nitrogens is 1. The van der Waals surface area contributed by atoms with Crippen molar-refractivity contribution in [2.75, 3.05) is 13.1 Å². The van der Waals surface area contributed by atoms with Crippen LogP contribution in [0.25, 0.3) is 11.1 Å². The molecule has 0 unspecified atom stereocenters. The molecule has 0 saturated carbocycles. The number of hydrogen-bond acceptors (Lipinski definition) is 6. The number of amides is 1. The number of rotatable bonds is 5. The molecule has 158 valence electrons. The SMILES string of the molecule is Cc1oc2nc[nH]c(=O)c2c1C(=O)NCc1ccccc1S(=O)(=O)N1CCCCC1. The lowest BCUT2D eigenvalue weighted by molar-refractivity contribution is 0.0950. The van der Waals surface area contributed by atoms with Crippen LogP contribution in [-0.2, 0) is 16.6 Å². The second-order valence-electron chi connectivity index (χ2n) is 7.20. The van der Waals surface area contributed by atoms with Crippen LogP contribution < -0.4 is 10.9 Å². The second-order valence-corrected chi connectivity index (χ2v) is 9.11. The quantitative estimate of drug-likeness (QED) is 0.637. The molecule has 30 heavy (non-hydrogen) atoms. The van der Waals surface area contributed by atoms with Crippen LogP contribution in [0, 0.1) is 6.92 Å². The molecule has 1 amide bonds. The van der Waals surface area contributed by atoms with Crippen molar-refractivity contribution in [3.8, 4) is 0 Å². The van der Waals surface area contributed by atoms with Gasteiger partial charge in [-0.05, 0) is 31.4 Å². The zero-order valence-corrected chi connectivity index (χ0v) is 17.3. The number of hydrogen-bond donors (Lipinski definition) is 2. The summed E-state index contributed by atoms with van der Waals surface area (Å²) in [5.74, 6) is -0.268. The summed E-state index contributed by atoms with van der Waals surface area (Å²) in [4.78, 5) is 31.5. The third-order valence-electron chi connectivity index (χ3n) is 5.24. The Kier molecular flexibility index (Phi) is 5.44. The first-order chi connectivity index (χ1) is 14.4. The van der Waals surface area contributed by atoms with E-state index in [1.807, 2.05) is 0 Å². The van der Waals surface area contributed by atoms with Gasteiger partial charge in [0.1, 0.15) is 11.1 Å². The van der Waals surface area contributed by atoms with E-state index in [-0.39, 0.29) is 33.9 Å². The lowest BCUT2D eigenvalue weighted by atomic mass is 10.1. The van der Waals surface area contributed by atoms with Gasteiger partial charge in [0, 0.05) is 19.6 Å². The maximum absolute atomic E-state index is 13.1. The summed E-state index contributed by atoms with van der Waals surface area (Å²) in [7, 11) is -3.65. The highest BCUT2D eigenvalue weighted by atomic mass is 32.2. The van der Waals surface area contributed by atoms with Crippen molar-refractivity contribution in [3.63, 3.8) is 0 Å².